The first kappa shape index (κ1) is 21.7. The van der Waals surface area contributed by atoms with Crippen molar-refractivity contribution in [2.24, 2.45) is 0 Å². The van der Waals surface area contributed by atoms with E-state index in [1.807, 2.05) is 44.2 Å². The Bertz CT molecular complexity index is 1170. The van der Waals surface area contributed by atoms with E-state index in [1.165, 1.54) is 21.9 Å². The molecule has 7 nitrogen and oxygen atoms in total. The van der Waals surface area contributed by atoms with Gasteiger partial charge in [0.1, 0.15) is 12.4 Å². The highest BCUT2D eigenvalue weighted by atomic mass is 19.2. The maximum Gasteiger partial charge on any atom is 0.194 e. The van der Waals surface area contributed by atoms with Crippen LogP contribution in [-0.4, -0.2) is 35.4 Å². The lowest BCUT2D eigenvalue weighted by molar-refractivity contribution is -0.0302. The Morgan fingerprint density at radius 1 is 0.969 bits per heavy atom. The quantitative estimate of drug-likeness (QED) is 0.388. The van der Waals surface area contributed by atoms with Gasteiger partial charge in [0.25, 0.3) is 0 Å². The van der Waals surface area contributed by atoms with E-state index in [4.69, 9.17) is 4.74 Å². The molecule has 10 heteroatoms. The first-order valence-corrected chi connectivity index (χ1v) is 9.92. The highest BCUT2D eigenvalue weighted by Crippen LogP contribution is 2.23. The molecule has 0 aliphatic rings. The molecule has 0 atom stereocenters. The Morgan fingerprint density at radius 3 is 2.28 bits per heavy atom. The zero-order chi connectivity index (χ0) is 22.7. The van der Waals surface area contributed by atoms with Crippen LogP contribution in [0.4, 0.5) is 13.2 Å². The lowest BCUT2D eigenvalue weighted by Gasteiger charge is -2.25. The largest absolute Gasteiger partial charge is 0.370 e. The summed E-state index contributed by atoms with van der Waals surface area (Å²) in [6.45, 7) is 4.31. The number of halogens is 3. The fraction of sp³-hybridized carbons (Fsp3) is 0.273. The number of benzene rings is 2. The summed E-state index contributed by atoms with van der Waals surface area (Å²) in [6.07, 6.45) is 3.31. The summed E-state index contributed by atoms with van der Waals surface area (Å²) < 4.78 is 48.6. The van der Waals surface area contributed by atoms with Crippen LogP contribution in [0.15, 0.2) is 54.9 Å². The summed E-state index contributed by atoms with van der Waals surface area (Å²) in [4.78, 5) is 5.90. The molecule has 0 unspecified atom stereocenters. The number of rotatable bonds is 8. The van der Waals surface area contributed by atoms with Crippen LogP contribution in [0.2, 0.25) is 0 Å². The molecule has 4 aromatic rings. The van der Waals surface area contributed by atoms with Crippen molar-refractivity contribution >= 4 is 0 Å². The predicted molar refractivity (Wildman–Crippen MR) is 109 cm³/mol. The fourth-order valence-corrected chi connectivity index (χ4v) is 3.18. The Balaban J connectivity index is 1.63. The van der Waals surface area contributed by atoms with Gasteiger partial charge in [-0.2, -0.15) is 15.0 Å². The van der Waals surface area contributed by atoms with Gasteiger partial charge in [0.05, 0.1) is 30.3 Å². The van der Waals surface area contributed by atoms with E-state index in [1.54, 1.807) is 0 Å². The maximum absolute atomic E-state index is 13.9. The van der Waals surface area contributed by atoms with Crippen LogP contribution >= 0.6 is 0 Å². The summed E-state index contributed by atoms with van der Waals surface area (Å²) in [5, 5.41) is 12.4. The van der Waals surface area contributed by atoms with Crippen LogP contribution in [0, 0.1) is 17.5 Å². The van der Waals surface area contributed by atoms with Gasteiger partial charge in [-0.25, -0.2) is 22.8 Å². The van der Waals surface area contributed by atoms with Crippen molar-refractivity contribution in [1.82, 2.24) is 29.8 Å². The Labute approximate surface area is 182 Å². The smallest absolute Gasteiger partial charge is 0.194 e. The molecular formula is C22H21F3N6O. The molecule has 0 fully saturated rings. The second kappa shape index (κ2) is 8.91. The van der Waals surface area contributed by atoms with Gasteiger partial charge in [0.2, 0.25) is 0 Å². The van der Waals surface area contributed by atoms with E-state index in [-0.39, 0.29) is 18.7 Å². The Morgan fingerprint density at radius 2 is 1.62 bits per heavy atom. The van der Waals surface area contributed by atoms with Crippen LogP contribution in [0.1, 0.15) is 31.1 Å². The van der Waals surface area contributed by atoms with Crippen LogP contribution in [0.25, 0.3) is 5.69 Å². The summed E-state index contributed by atoms with van der Waals surface area (Å²) in [7, 11) is 0. The standard InChI is InChI=1S/C22H21F3N6O/c1-22(2,32-14-15-6-4-3-5-7-15)12-20-28-19(13-30-26-8-9-27-30)29-31(20)16-10-17(23)21(25)18(24)11-16/h3-11H,12-14H2,1-2H3. The third-order valence-electron chi connectivity index (χ3n) is 4.74. The van der Waals surface area contributed by atoms with E-state index in [2.05, 4.69) is 20.3 Å². The molecule has 2 aromatic heterocycles. The van der Waals surface area contributed by atoms with Crippen LogP contribution in [0.5, 0.6) is 0 Å². The fourth-order valence-electron chi connectivity index (χ4n) is 3.18. The minimum Gasteiger partial charge on any atom is -0.370 e. The van der Waals surface area contributed by atoms with Crippen LogP contribution in [0.3, 0.4) is 0 Å². The molecule has 2 aromatic carbocycles. The molecule has 0 amide bonds. The SMILES string of the molecule is CC(C)(Cc1nc(Cn2nccn2)nn1-c1cc(F)c(F)c(F)c1)OCc1ccccc1. The number of ether oxygens (including phenoxy) is 1. The van der Waals surface area contributed by atoms with Gasteiger partial charge in [0.15, 0.2) is 23.3 Å². The van der Waals surface area contributed by atoms with Crippen molar-refractivity contribution in [3.63, 3.8) is 0 Å². The van der Waals surface area contributed by atoms with Gasteiger partial charge >= 0.3 is 0 Å². The van der Waals surface area contributed by atoms with Crippen molar-refractivity contribution in [3.05, 3.63) is 89.5 Å². The van der Waals surface area contributed by atoms with Gasteiger partial charge in [-0.3, -0.25) is 0 Å². The second-order valence-electron chi connectivity index (χ2n) is 7.85. The van der Waals surface area contributed by atoms with E-state index >= 15 is 0 Å². The molecule has 0 saturated carbocycles. The predicted octanol–water partition coefficient (Wildman–Crippen LogP) is 3.86. The first-order chi connectivity index (χ1) is 15.3. The van der Waals surface area contributed by atoms with Crippen molar-refractivity contribution in [3.8, 4) is 5.69 Å². The summed E-state index contributed by atoms with van der Waals surface area (Å²) >= 11 is 0. The summed E-state index contributed by atoms with van der Waals surface area (Å²) in [6, 6.07) is 11.4. The molecule has 0 spiro atoms. The minimum absolute atomic E-state index is 0.0161. The molecule has 0 N–H and O–H groups in total. The molecule has 0 saturated heterocycles. The van der Waals surface area contributed by atoms with Crippen molar-refractivity contribution in [2.75, 3.05) is 0 Å². The Kier molecular flexibility index (Phi) is 6.04. The number of nitrogens with zero attached hydrogens (tertiary/aromatic N) is 6. The highest BCUT2D eigenvalue weighted by Gasteiger charge is 2.25. The van der Waals surface area contributed by atoms with E-state index in [9.17, 15) is 13.2 Å². The average Bonchev–Trinajstić information content (AvgIpc) is 3.41. The highest BCUT2D eigenvalue weighted by molar-refractivity contribution is 5.34. The van der Waals surface area contributed by atoms with E-state index in [0.29, 0.717) is 18.3 Å². The number of hydrogen-bond donors (Lipinski definition) is 0. The van der Waals surface area contributed by atoms with Crippen molar-refractivity contribution < 1.29 is 17.9 Å². The second-order valence-corrected chi connectivity index (χ2v) is 7.85. The topological polar surface area (TPSA) is 70.7 Å². The average molecular weight is 442 g/mol. The maximum atomic E-state index is 13.9. The number of hydrogen-bond acceptors (Lipinski definition) is 5. The molecule has 2 heterocycles. The van der Waals surface area contributed by atoms with E-state index < -0.39 is 23.1 Å². The van der Waals surface area contributed by atoms with Gasteiger partial charge in [-0.1, -0.05) is 30.3 Å². The molecule has 32 heavy (non-hydrogen) atoms. The lowest BCUT2D eigenvalue weighted by atomic mass is 10.0. The number of aromatic nitrogens is 6. The molecule has 4 rings (SSSR count). The molecular weight excluding hydrogens is 421 g/mol. The zero-order valence-electron chi connectivity index (χ0n) is 17.5. The third kappa shape index (κ3) is 5.02. The first-order valence-electron chi connectivity index (χ1n) is 9.92. The van der Waals surface area contributed by atoms with Gasteiger partial charge < -0.3 is 4.74 Å². The molecule has 0 bridgehead atoms. The zero-order valence-corrected chi connectivity index (χ0v) is 17.5. The van der Waals surface area contributed by atoms with Gasteiger partial charge in [0, 0.05) is 18.6 Å². The van der Waals surface area contributed by atoms with Gasteiger partial charge in [-0.05, 0) is 19.4 Å². The summed E-state index contributed by atoms with van der Waals surface area (Å²) in [5.74, 6) is -3.42. The minimum atomic E-state index is -1.54. The lowest BCUT2D eigenvalue weighted by Crippen LogP contribution is -2.29. The molecule has 0 aliphatic heterocycles. The van der Waals surface area contributed by atoms with Crippen LogP contribution < -0.4 is 0 Å². The molecule has 0 aliphatic carbocycles. The van der Waals surface area contributed by atoms with Crippen LogP contribution in [-0.2, 0) is 24.3 Å². The normalized spacial score (nSPS) is 11.8. The monoisotopic (exact) mass is 442 g/mol. The third-order valence-corrected chi connectivity index (χ3v) is 4.74. The summed E-state index contributed by atoms with van der Waals surface area (Å²) in [5.41, 5.74) is 0.344. The van der Waals surface area contributed by atoms with Gasteiger partial charge in [-0.15, -0.1) is 5.10 Å². The van der Waals surface area contributed by atoms with Crippen molar-refractivity contribution in [2.45, 2.75) is 39.0 Å². The molecule has 166 valence electrons. The van der Waals surface area contributed by atoms with Crippen molar-refractivity contribution in [1.29, 1.82) is 0 Å². The van der Waals surface area contributed by atoms with E-state index in [0.717, 1.165) is 17.7 Å². The molecule has 0 radical (unpaired) electrons. The Hall–Kier alpha value is -3.53.